The number of carbonyl (C=O) groups excluding carboxylic acids is 1. The number of ether oxygens (including phenoxy) is 1. The molecule has 0 bridgehead atoms. The standard InChI is InChI=1S/C9H7NO2.C8H5NO2/c1-12-9(11)8-4-2-3-7(5-8)6-10;9-5-6-1-3-7(4-2-6)8(10)11/h2-5H,1H3;1-4H,(H,10,11). The number of carboxylic acids is 1. The first-order valence-electron chi connectivity index (χ1n) is 6.33. The number of aromatic carboxylic acids is 1. The van der Waals surface area contributed by atoms with Crippen LogP contribution in [0.25, 0.3) is 0 Å². The number of hydrogen-bond donors (Lipinski definition) is 1. The number of carbonyl (C=O) groups is 2. The molecule has 2 aromatic rings. The van der Waals surface area contributed by atoms with Crippen LogP contribution in [0.15, 0.2) is 48.5 Å². The Morgan fingerprint density at radius 3 is 2.04 bits per heavy atom. The molecule has 0 aliphatic rings. The number of nitrogens with zero attached hydrogens (tertiary/aromatic N) is 2. The molecule has 0 amide bonds. The average molecular weight is 308 g/mol. The summed E-state index contributed by atoms with van der Waals surface area (Å²) in [4.78, 5) is 21.3. The van der Waals surface area contributed by atoms with Gasteiger partial charge in [-0.2, -0.15) is 10.5 Å². The molecule has 0 unspecified atom stereocenters. The highest BCUT2D eigenvalue weighted by Gasteiger charge is 2.04. The van der Waals surface area contributed by atoms with Gasteiger partial charge in [0.2, 0.25) is 0 Å². The fourth-order valence-corrected chi connectivity index (χ4v) is 1.52. The van der Waals surface area contributed by atoms with Gasteiger partial charge < -0.3 is 9.84 Å². The van der Waals surface area contributed by atoms with Crippen molar-refractivity contribution in [1.82, 2.24) is 0 Å². The molecule has 6 nitrogen and oxygen atoms in total. The van der Waals surface area contributed by atoms with Gasteiger partial charge in [0, 0.05) is 0 Å². The van der Waals surface area contributed by atoms with E-state index in [1.54, 1.807) is 18.2 Å². The number of carboxylic acid groups (broad SMARTS) is 1. The van der Waals surface area contributed by atoms with Gasteiger partial charge in [0.25, 0.3) is 0 Å². The van der Waals surface area contributed by atoms with Crippen molar-refractivity contribution >= 4 is 11.9 Å². The lowest BCUT2D eigenvalue weighted by molar-refractivity contribution is 0.0599. The van der Waals surface area contributed by atoms with Gasteiger partial charge in [-0.1, -0.05) is 6.07 Å². The van der Waals surface area contributed by atoms with Gasteiger partial charge in [-0.05, 0) is 42.5 Å². The Hall–Kier alpha value is -3.64. The van der Waals surface area contributed by atoms with Crippen molar-refractivity contribution in [3.63, 3.8) is 0 Å². The summed E-state index contributed by atoms with van der Waals surface area (Å²) in [6.45, 7) is 0. The van der Waals surface area contributed by atoms with Gasteiger partial charge in [-0.15, -0.1) is 0 Å². The first-order valence-corrected chi connectivity index (χ1v) is 6.33. The van der Waals surface area contributed by atoms with E-state index in [-0.39, 0.29) is 5.56 Å². The van der Waals surface area contributed by atoms with E-state index in [4.69, 9.17) is 15.6 Å². The number of benzene rings is 2. The highest BCUT2D eigenvalue weighted by molar-refractivity contribution is 5.89. The molecular weight excluding hydrogens is 296 g/mol. The first-order chi connectivity index (χ1) is 11.0. The Bertz CT molecular complexity index is 783. The summed E-state index contributed by atoms with van der Waals surface area (Å²) in [5.74, 6) is -1.40. The second-order valence-electron chi connectivity index (χ2n) is 4.18. The molecule has 0 fully saturated rings. The maximum absolute atomic E-state index is 10.9. The smallest absolute Gasteiger partial charge is 0.337 e. The van der Waals surface area contributed by atoms with Crippen LogP contribution in [0.5, 0.6) is 0 Å². The maximum Gasteiger partial charge on any atom is 0.337 e. The molecule has 0 radical (unpaired) electrons. The average Bonchev–Trinajstić information content (AvgIpc) is 2.61. The quantitative estimate of drug-likeness (QED) is 0.853. The van der Waals surface area contributed by atoms with Crippen LogP contribution in [0.2, 0.25) is 0 Å². The van der Waals surface area contributed by atoms with E-state index < -0.39 is 11.9 Å². The summed E-state index contributed by atoms with van der Waals surface area (Å²) in [6, 6.07) is 16.0. The molecular formula is C17H12N2O4. The monoisotopic (exact) mass is 308 g/mol. The van der Waals surface area contributed by atoms with Crippen LogP contribution < -0.4 is 0 Å². The van der Waals surface area contributed by atoms with Crippen LogP contribution in [0.3, 0.4) is 0 Å². The molecule has 0 atom stereocenters. The first kappa shape index (κ1) is 17.4. The van der Waals surface area contributed by atoms with Crippen LogP contribution in [0.1, 0.15) is 31.8 Å². The van der Waals surface area contributed by atoms with E-state index in [0.29, 0.717) is 16.7 Å². The summed E-state index contributed by atoms with van der Waals surface area (Å²) in [7, 11) is 1.31. The van der Waals surface area contributed by atoms with E-state index >= 15 is 0 Å². The van der Waals surface area contributed by atoms with Crippen molar-refractivity contribution in [3.05, 3.63) is 70.8 Å². The van der Waals surface area contributed by atoms with Gasteiger partial charge in [0.05, 0.1) is 41.5 Å². The third-order valence-electron chi connectivity index (χ3n) is 2.67. The molecule has 6 heteroatoms. The molecule has 2 aromatic carbocycles. The normalized spacial score (nSPS) is 8.65. The topological polar surface area (TPSA) is 111 Å². The summed E-state index contributed by atoms with van der Waals surface area (Å²) >= 11 is 0. The Labute approximate surface area is 132 Å². The number of methoxy groups -OCH3 is 1. The molecule has 0 aliphatic carbocycles. The lowest BCUT2D eigenvalue weighted by Crippen LogP contribution is -2.00. The molecule has 0 aliphatic heterocycles. The molecule has 1 N–H and O–H groups in total. The van der Waals surface area contributed by atoms with Crippen LogP contribution >= 0.6 is 0 Å². The summed E-state index contributed by atoms with van der Waals surface area (Å²) < 4.78 is 4.49. The Kier molecular flexibility index (Phi) is 6.51. The molecule has 0 saturated carbocycles. The lowest BCUT2D eigenvalue weighted by atomic mass is 10.1. The number of nitriles is 2. The van der Waals surface area contributed by atoms with Crippen molar-refractivity contribution in [2.75, 3.05) is 7.11 Å². The van der Waals surface area contributed by atoms with Crippen LogP contribution in [-0.2, 0) is 4.74 Å². The molecule has 114 valence electrons. The zero-order valence-corrected chi connectivity index (χ0v) is 12.2. The Morgan fingerprint density at radius 1 is 0.957 bits per heavy atom. The molecule has 2 rings (SSSR count). The highest BCUT2D eigenvalue weighted by Crippen LogP contribution is 2.05. The van der Waals surface area contributed by atoms with Crippen molar-refractivity contribution in [2.24, 2.45) is 0 Å². The van der Waals surface area contributed by atoms with Gasteiger partial charge in [-0.25, -0.2) is 9.59 Å². The lowest BCUT2D eigenvalue weighted by Gasteiger charge is -1.97. The second kappa shape index (κ2) is 8.60. The van der Waals surface area contributed by atoms with E-state index in [1.165, 1.54) is 37.4 Å². The summed E-state index contributed by atoms with van der Waals surface area (Å²) in [6.07, 6.45) is 0. The van der Waals surface area contributed by atoms with E-state index in [9.17, 15) is 9.59 Å². The van der Waals surface area contributed by atoms with Crippen LogP contribution in [-0.4, -0.2) is 24.2 Å². The maximum atomic E-state index is 10.9. The molecule has 0 spiro atoms. The van der Waals surface area contributed by atoms with E-state index in [0.717, 1.165) is 0 Å². The van der Waals surface area contributed by atoms with E-state index in [2.05, 4.69) is 4.74 Å². The van der Waals surface area contributed by atoms with Crippen molar-refractivity contribution < 1.29 is 19.4 Å². The largest absolute Gasteiger partial charge is 0.478 e. The SMILES string of the molecule is COC(=O)c1cccc(C#N)c1.N#Cc1ccc(C(=O)O)cc1. The molecule has 0 saturated heterocycles. The van der Waals surface area contributed by atoms with Gasteiger partial charge in [0.15, 0.2) is 0 Å². The highest BCUT2D eigenvalue weighted by atomic mass is 16.5. The van der Waals surface area contributed by atoms with Crippen molar-refractivity contribution in [3.8, 4) is 12.1 Å². The third kappa shape index (κ3) is 5.33. The van der Waals surface area contributed by atoms with Gasteiger partial charge in [0.1, 0.15) is 0 Å². The number of hydrogen-bond acceptors (Lipinski definition) is 5. The van der Waals surface area contributed by atoms with Crippen molar-refractivity contribution in [2.45, 2.75) is 0 Å². The minimum Gasteiger partial charge on any atom is -0.478 e. The summed E-state index contributed by atoms with van der Waals surface area (Å²) in [5.41, 5.74) is 1.52. The van der Waals surface area contributed by atoms with Gasteiger partial charge in [-0.3, -0.25) is 0 Å². The molecule has 0 heterocycles. The Balaban J connectivity index is 0.000000231. The zero-order chi connectivity index (χ0) is 17.2. The number of esters is 1. The fraction of sp³-hybridized carbons (Fsp3) is 0.0588. The summed E-state index contributed by atoms with van der Waals surface area (Å²) in [5, 5.41) is 25.3. The number of rotatable bonds is 2. The van der Waals surface area contributed by atoms with E-state index in [1.807, 2.05) is 12.1 Å². The minimum absolute atomic E-state index is 0.198. The van der Waals surface area contributed by atoms with Crippen LogP contribution in [0, 0.1) is 22.7 Å². The second-order valence-corrected chi connectivity index (χ2v) is 4.18. The fourth-order valence-electron chi connectivity index (χ4n) is 1.52. The predicted octanol–water partition coefficient (Wildman–Crippen LogP) is 2.60. The van der Waals surface area contributed by atoms with Crippen molar-refractivity contribution in [1.29, 1.82) is 10.5 Å². The van der Waals surface area contributed by atoms with Gasteiger partial charge >= 0.3 is 11.9 Å². The minimum atomic E-state index is -0.977. The molecule has 0 aromatic heterocycles. The third-order valence-corrected chi connectivity index (χ3v) is 2.67. The van der Waals surface area contributed by atoms with Crippen LogP contribution in [0.4, 0.5) is 0 Å². The Morgan fingerprint density at radius 2 is 1.57 bits per heavy atom. The molecule has 23 heavy (non-hydrogen) atoms. The predicted molar refractivity (Wildman–Crippen MR) is 80.6 cm³/mol. The zero-order valence-electron chi connectivity index (χ0n) is 12.2.